The van der Waals surface area contributed by atoms with Gasteiger partial charge in [-0.2, -0.15) is 5.26 Å². The summed E-state index contributed by atoms with van der Waals surface area (Å²) in [5, 5.41) is 9.99. The van der Waals surface area contributed by atoms with Crippen LogP contribution in [0.1, 0.15) is 11.1 Å². The first-order chi connectivity index (χ1) is 9.24. The Kier molecular flexibility index (Phi) is 4.22. The standard InChI is InChI=1S/C16H12ClNO/c1-19-16-5-3-2-4-15(16)13(11-18)10-12-6-8-14(17)9-7-12/h2-10H,1H3. The molecule has 0 fully saturated rings. The first-order valence-electron chi connectivity index (χ1n) is 5.75. The van der Waals surface area contributed by atoms with Gasteiger partial charge in [0.1, 0.15) is 5.75 Å². The molecule has 19 heavy (non-hydrogen) atoms. The van der Waals surface area contributed by atoms with E-state index in [1.54, 1.807) is 19.2 Å². The summed E-state index contributed by atoms with van der Waals surface area (Å²) in [5.41, 5.74) is 2.26. The van der Waals surface area contributed by atoms with Crippen LogP contribution in [-0.2, 0) is 0 Å². The van der Waals surface area contributed by atoms with Gasteiger partial charge in [0.2, 0.25) is 0 Å². The Hall–Kier alpha value is -2.24. The summed E-state index contributed by atoms with van der Waals surface area (Å²) in [6.07, 6.45) is 1.81. The lowest BCUT2D eigenvalue weighted by Crippen LogP contribution is -1.90. The average molecular weight is 270 g/mol. The third kappa shape index (κ3) is 3.15. The lowest BCUT2D eigenvalue weighted by atomic mass is 10.0. The molecular formula is C16H12ClNO. The van der Waals surface area contributed by atoms with Gasteiger partial charge in [0.05, 0.1) is 18.8 Å². The van der Waals surface area contributed by atoms with Gasteiger partial charge in [-0.15, -0.1) is 0 Å². The number of rotatable bonds is 3. The summed E-state index contributed by atoms with van der Waals surface area (Å²) >= 11 is 5.84. The third-order valence-electron chi connectivity index (χ3n) is 2.70. The summed E-state index contributed by atoms with van der Waals surface area (Å²) in [6, 6.07) is 17.0. The highest BCUT2D eigenvalue weighted by molar-refractivity contribution is 6.30. The molecule has 2 aromatic carbocycles. The zero-order valence-electron chi connectivity index (χ0n) is 10.4. The third-order valence-corrected chi connectivity index (χ3v) is 2.95. The topological polar surface area (TPSA) is 33.0 Å². The summed E-state index contributed by atoms with van der Waals surface area (Å²) in [6.45, 7) is 0. The van der Waals surface area contributed by atoms with Crippen molar-refractivity contribution in [1.29, 1.82) is 5.26 Å². The molecule has 0 radical (unpaired) electrons. The van der Waals surface area contributed by atoms with Crippen LogP contribution in [0.4, 0.5) is 0 Å². The maximum absolute atomic E-state index is 9.32. The Morgan fingerprint density at radius 2 is 1.84 bits per heavy atom. The molecule has 0 N–H and O–H groups in total. The van der Waals surface area contributed by atoms with Crippen LogP contribution in [0, 0.1) is 11.3 Å². The lowest BCUT2D eigenvalue weighted by Gasteiger charge is -2.06. The monoisotopic (exact) mass is 269 g/mol. The van der Waals surface area contributed by atoms with Gasteiger partial charge in [-0.05, 0) is 35.9 Å². The van der Waals surface area contributed by atoms with Crippen molar-refractivity contribution in [1.82, 2.24) is 0 Å². The number of hydrogen-bond donors (Lipinski definition) is 0. The highest BCUT2D eigenvalue weighted by atomic mass is 35.5. The molecule has 0 heterocycles. The van der Waals surface area contributed by atoms with Gasteiger partial charge < -0.3 is 4.74 Å². The Balaban J connectivity index is 2.45. The summed E-state index contributed by atoms with van der Waals surface area (Å²) in [5.74, 6) is 0.685. The maximum atomic E-state index is 9.32. The van der Waals surface area contributed by atoms with Crippen molar-refractivity contribution in [3.05, 3.63) is 64.7 Å². The highest BCUT2D eigenvalue weighted by Crippen LogP contribution is 2.27. The number of para-hydroxylation sites is 1. The molecule has 0 aliphatic heterocycles. The maximum Gasteiger partial charge on any atom is 0.127 e. The van der Waals surface area contributed by atoms with E-state index in [0.717, 1.165) is 11.1 Å². The number of allylic oxidation sites excluding steroid dienone is 1. The van der Waals surface area contributed by atoms with Crippen LogP contribution in [0.5, 0.6) is 5.75 Å². The molecule has 0 atom stereocenters. The van der Waals surface area contributed by atoms with Gasteiger partial charge in [0.25, 0.3) is 0 Å². The van der Waals surface area contributed by atoms with Crippen molar-refractivity contribution in [3.8, 4) is 11.8 Å². The van der Waals surface area contributed by atoms with Crippen molar-refractivity contribution in [2.24, 2.45) is 0 Å². The number of methoxy groups -OCH3 is 1. The van der Waals surface area contributed by atoms with Gasteiger partial charge in [-0.1, -0.05) is 35.9 Å². The predicted molar refractivity (Wildman–Crippen MR) is 77.9 cm³/mol. The number of ether oxygens (including phenoxy) is 1. The molecule has 3 heteroatoms. The molecule has 94 valence electrons. The molecule has 0 saturated heterocycles. The Morgan fingerprint density at radius 1 is 1.16 bits per heavy atom. The largest absolute Gasteiger partial charge is 0.496 e. The van der Waals surface area contributed by atoms with Crippen molar-refractivity contribution in [3.63, 3.8) is 0 Å². The first kappa shape index (κ1) is 13.2. The van der Waals surface area contributed by atoms with E-state index in [2.05, 4.69) is 6.07 Å². The van der Waals surface area contributed by atoms with Crippen LogP contribution < -0.4 is 4.74 Å². The minimum atomic E-state index is 0.555. The fourth-order valence-electron chi connectivity index (χ4n) is 1.76. The second-order valence-electron chi connectivity index (χ2n) is 3.92. The molecule has 2 rings (SSSR count). The van der Waals surface area contributed by atoms with Crippen LogP contribution in [0.25, 0.3) is 11.6 Å². The van der Waals surface area contributed by atoms with E-state index < -0.39 is 0 Å². The minimum Gasteiger partial charge on any atom is -0.496 e. The summed E-state index contributed by atoms with van der Waals surface area (Å²) < 4.78 is 5.27. The molecule has 0 bridgehead atoms. The predicted octanol–water partition coefficient (Wildman–Crippen LogP) is 4.41. The zero-order chi connectivity index (χ0) is 13.7. The van der Waals surface area contributed by atoms with Crippen LogP contribution in [0.2, 0.25) is 5.02 Å². The highest BCUT2D eigenvalue weighted by Gasteiger charge is 2.07. The first-order valence-corrected chi connectivity index (χ1v) is 6.13. The second kappa shape index (κ2) is 6.08. The SMILES string of the molecule is COc1ccccc1C(C#N)=Cc1ccc(Cl)cc1. The molecule has 0 aliphatic carbocycles. The summed E-state index contributed by atoms with van der Waals surface area (Å²) in [4.78, 5) is 0. The average Bonchev–Trinajstić information content (AvgIpc) is 2.46. The van der Waals surface area contributed by atoms with Gasteiger partial charge in [0.15, 0.2) is 0 Å². The van der Waals surface area contributed by atoms with Gasteiger partial charge in [0, 0.05) is 10.6 Å². The van der Waals surface area contributed by atoms with E-state index >= 15 is 0 Å². The van der Waals surface area contributed by atoms with Gasteiger partial charge in [-0.25, -0.2) is 0 Å². The van der Waals surface area contributed by atoms with Crippen molar-refractivity contribution in [2.75, 3.05) is 7.11 Å². The second-order valence-corrected chi connectivity index (χ2v) is 4.36. The molecule has 0 amide bonds. The number of hydrogen-bond acceptors (Lipinski definition) is 2. The minimum absolute atomic E-state index is 0.555. The fraction of sp³-hybridized carbons (Fsp3) is 0.0625. The molecular weight excluding hydrogens is 258 g/mol. The van der Waals surface area contributed by atoms with E-state index in [9.17, 15) is 5.26 Å². The lowest BCUT2D eigenvalue weighted by molar-refractivity contribution is 0.413. The molecule has 0 aromatic heterocycles. The number of benzene rings is 2. The van der Waals surface area contributed by atoms with Crippen LogP contribution in [0.15, 0.2) is 48.5 Å². The number of nitrogens with zero attached hydrogens (tertiary/aromatic N) is 1. The summed E-state index contributed by atoms with van der Waals surface area (Å²) in [7, 11) is 1.59. The molecule has 0 saturated carbocycles. The van der Waals surface area contributed by atoms with Gasteiger partial charge in [-0.3, -0.25) is 0 Å². The normalized spacial score (nSPS) is 10.9. The Bertz CT molecular complexity index is 639. The van der Waals surface area contributed by atoms with E-state index in [4.69, 9.17) is 16.3 Å². The van der Waals surface area contributed by atoms with Gasteiger partial charge >= 0.3 is 0 Å². The van der Waals surface area contributed by atoms with E-state index in [1.807, 2.05) is 42.5 Å². The van der Waals surface area contributed by atoms with E-state index in [0.29, 0.717) is 16.3 Å². The number of nitriles is 1. The Labute approximate surface area is 117 Å². The molecule has 0 aliphatic rings. The van der Waals surface area contributed by atoms with Crippen LogP contribution in [-0.4, -0.2) is 7.11 Å². The number of halogens is 1. The van der Waals surface area contributed by atoms with Crippen LogP contribution in [0.3, 0.4) is 0 Å². The van der Waals surface area contributed by atoms with Crippen molar-refractivity contribution < 1.29 is 4.74 Å². The molecule has 2 aromatic rings. The smallest absolute Gasteiger partial charge is 0.127 e. The fourth-order valence-corrected chi connectivity index (χ4v) is 1.89. The zero-order valence-corrected chi connectivity index (χ0v) is 11.2. The van der Waals surface area contributed by atoms with Crippen LogP contribution >= 0.6 is 11.6 Å². The van der Waals surface area contributed by atoms with Crippen molar-refractivity contribution in [2.45, 2.75) is 0 Å². The van der Waals surface area contributed by atoms with Crippen molar-refractivity contribution >= 4 is 23.3 Å². The quantitative estimate of drug-likeness (QED) is 0.611. The molecule has 2 nitrogen and oxygen atoms in total. The van der Waals surface area contributed by atoms with E-state index in [1.165, 1.54) is 0 Å². The molecule has 0 spiro atoms. The molecule has 0 unspecified atom stereocenters. The Morgan fingerprint density at radius 3 is 2.47 bits per heavy atom. The van der Waals surface area contributed by atoms with E-state index in [-0.39, 0.29) is 0 Å².